The molecule has 6 heteroatoms. The number of rotatable bonds is 6. The molecule has 1 unspecified atom stereocenters. The number of aliphatic hydroxyl groups excluding tert-OH is 1. The molecule has 0 spiro atoms. The number of anilines is 1. The molecule has 4 rings (SSSR count). The number of ether oxygens (including phenoxy) is 2. The van der Waals surface area contributed by atoms with E-state index in [0.717, 1.165) is 5.56 Å². The second kappa shape index (κ2) is 9.20. The first-order valence-corrected chi connectivity index (χ1v) is 10.7. The van der Waals surface area contributed by atoms with Crippen LogP contribution in [0.4, 0.5) is 5.69 Å². The van der Waals surface area contributed by atoms with Gasteiger partial charge in [0.25, 0.3) is 11.7 Å². The largest absolute Gasteiger partial charge is 0.507 e. The average molecular weight is 443 g/mol. The molecule has 1 aliphatic heterocycles. The number of nitrogens with zero attached hydrogens (tertiary/aromatic N) is 1. The summed E-state index contributed by atoms with van der Waals surface area (Å²) in [5.41, 5.74) is 2.56. The van der Waals surface area contributed by atoms with Gasteiger partial charge < -0.3 is 14.6 Å². The van der Waals surface area contributed by atoms with Gasteiger partial charge in [-0.1, -0.05) is 30.3 Å². The van der Waals surface area contributed by atoms with Crippen LogP contribution in [-0.2, 0) is 9.59 Å². The van der Waals surface area contributed by atoms with Crippen LogP contribution >= 0.6 is 0 Å². The highest BCUT2D eigenvalue weighted by molar-refractivity contribution is 6.51. The van der Waals surface area contributed by atoms with Crippen molar-refractivity contribution in [3.05, 3.63) is 95.1 Å². The molecule has 6 nitrogen and oxygen atoms in total. The smallest absolute Gasteiger partial charge is 0.300 e. The fourth-order valence-corrected chi connectivity index (χ4v) is 4.07. The Kier molecular flexibility index (Phi) is 6.18. The average Bonchev–Trinajstić information content (AvgIpc) is 3.10. The first-order valence-electron chi connectivity index (χ1n) is 10.7. The van der Waals surface area contributed by atoms with Crippen LogP contribution in [0.3, 0.4) is 0 Å². The molecule has 0 aliphatic carbocycles. The highest BCUT2D eigenvalue weighted by atomic mass is 16.5. The fraction of sp³-hybridized carbons (Fsp3) is 0.185. The molecule has 1 saturated heterocycles. The minimum atomic E-state index is -0.812. The number of amides is 1. The third-order valence-corrected chi connectivity index (χ3v) is 5.67. The van der Waals surface area contributed by atoms with E-state index in [0.29, 0.717) is 34.9 Å². The minimum absolute atomic E-state index is 0.0284. The molecule has 33 heavy (non-hydrogen) atoms. The molecule has 0 bridgehead atoms. The monoisotopic (exact) mass is 443 g/mol. The van der Waals surface area contributed by atoms with Crippen molar-refractivity contribution in [1.82, 2.24) is 0 Å². The fourth-order valence-electron chi connectivity index (χ4n) is 4.07. The Morgan fingerprint density at radius 2 is 1.70 bits per heavy atom. The Labute approximate surface area is 192 Å². The van der Waals surface area contributed by atoms with E-state index < -0.39 is 17.7 Å². The van der Waals surface area contributed by atoms with Crippen LogP contribution in [0.1, 0.15) is 29.7 Å². The lowest BCUT2D eigenvalue weighted by Crippen LogP contribution is -2.30. The zero-order valence-electron chi connectivity index (χ0n) is 18.7. The molecule has 1 fully saturated rings. The van der Waals surface area contributed by atoms with Gasteiger partial charge in [-0.25, -0.2) is 0 Å². The van der Waals surface area contributed by atoms with E-state index >= 15 is 0 Å². The molecule has 1 heterocycles. The van der Waals surface area contributed by atoms with Gasteiger partial charge in [0, 0.05) is 11.3 Å². The molecule has 3 aromatic carbocycles. The van der Waals surface area contributed by atoms with Gasteiger partial charge in [0.2, 0.25) is 0 Å². The van der Waals surface area contributed by atoms with Crippen LogP contribution in [0.2, 0.25) is 0 Å². The molecule has 3 aromatic rings. The molecule has 168 valence electrons. The predicted octanol–water partition coefficient (Wildman–Crippen LogP) is 5.03. The van der Waals surface area contributed by atoms with Crippen LogP contribution in [-0.4, -0.2) is 30.5 Å². The molecule has 1 amide bonds. The lowest BCUT2D eigenvalue weighted by atomic mass is 9.94. The highest BCUT2D eigenvalue weighted by Gasteiger charge is 2.47. The van der Waals surface area contributed by atoms with Crippen molar-refractivity contribution in [3.8, 4) is 11.5 Å². The highest BCUT2D eigenvalue weighted by Crippen LogP contribution is 2.43. The first kappa shape index (κ1) is 22.1. The maximum absolute atomic E-state index is 13.3. The Balaban J connectivity index is 1.92. The maximum atomic E-state index is 13.3. The summed E-state index contributed by atoms with van der Waals surface area (Å²) in [4.78, 5) is 28.0. The number of carbonyl (C=O) groups is 2. The van der Waals surface area contributed by atoms with Crippen molar-refractivity contribution in [2.75, 3.05) is 18.6 Å². The summed E-state index contributed by atoms with van der Waals surface area (Å²) in [5.74, 6) is -0.426. The summed E-state index contributed by atoms with van der Waals surface area (Å²) < 4.78 is 10.8. The molecular weight excluding hydrogens is 418 g/mol. The van der Waals surface area contributed by atoms with Crippen molar-refractivity contribution < 1.29 is 24.2 Å². The molecule has 1 atom stereocenters. The Morgan fingerprint density at radius 3 is 2.36 bits per heavy atom. The van der Waals surface area contributed by atoms with Crippen LogP contribution < -0.4 is 14.4 Å². The second-order valence-corrected chi connectivity index (χ2v) is 7.69. The summed E-state index contributed by atoms with van der Waals surface area (Å²) in [6, 6.07) is 20.5. The Hall–Kier alpha value is -4.06. The number of para-hydroxylation sites is 1. The van der Waals surface area contributed by atoms with Crippen molar-refractivity contribution in [3.63, 3.8) is 0 Å². The van der Waals surface area contributed by atoms with Crippen molar-refractivity contribution in [1.29, 1.82) is 0 Å². The number of Topliss-reactive ketones (excluding diaryl/α,β-unsaturated/α-hetero) is 1. The third kappa shape index (κ3) is 4.07. The molecule has 1 N–H and O–H groups in total. The maximum Gasteiger partial charge on any atom is 0.300 e. The Bertz CT molecular complexity index is 1230. The number of aryl methyl sites for hydroxylation is 1. The van der Waals surface area contributed by atoms with Crippen LogP contribution in [0.15, 0.2) is 78.4 Å². The lowest BCUT2D eigenvalue weighted by molar-refractivity contribution is -0.132. The number of hydrogen-bond donors (Lipinski definition) is 1. The molecule has 0 radical (unpaired) electrons. The van der Waals surface area contributed by atoms with Gasteiger partial charge in [-0.15, -0.1) is 0 Å². The van der Waals surface area contributed by atoms with E-state index in [1.165, 1.54) is 4.90 Å². The molecule has 0 saturated carbocycles. The van der Waals surface area contributed by atoms with Crippen LogP contribution in [0.25, 0.3) is 5.76 Å². The summed E-state index contributed by atoms with van der Waals surface area (Å²) in [6.07, 6.45) is 0. The van der Waals surface area contributed by atoms with Gasteiger partial charge in [0.1, 0.15) is 17.3 Å². The van der Waals surface area contributed by atoms with Crippen LogP contribution in [0, 0.1) is 6.92 Å². The van der Waals surface area contributed by atoms with Gasteiger partial charge in [0.05, 0.1) is 25.3 Å². The van der Waals surface area contributed by atoms with Crippen LogP contribution in [0.5, 0.6) is 11.5 Å². The van der Waals surface area contributed by atoms with Gasteiger partial charge >= 0.3 is 0 Å². The van der Waals surface area contributed by atoms with E-state index in [4.69, 9.17) is 9.47 Å². The standard InChI is InChI=1S/C27H25NO5/c1-4-33-20-14-12-18(13-15-20)25(29)23-24(19-9-7-10-21(16-19)32-3)28(27(31)26(23)30)22-11-6-5-8-17(22)2/h5-16,24,29H,4H2,1-3H3/b25-23-. The number of benzene rings is 3. The van der Waals surface area contributed by atoms with Gasteiger partial charge in [-0.05, 0) is 67.4 Å². The summed E-state index contributed by atoms with van der Waals surface area (Å²) in [5, 5.41) is 11.2. The van der Waals surface area contributed by atoms with Crippen molar-refractivity contribution in [2.45, 2.75) is 19.9 Å². The molecule has 1 aliphatic rings. The zero-order chi connectivity index (χ0) is 23.5. The van der Waals surface area contributed by atoms with E-state index in [1.54, 1.807) is 55.6 Å². The number of aliphatic hydroxyl groups is 1. The third-order valence-electron chi connectivity index (χ3n) is 5.67. The van der Waals surface area contributed by atoms with Crippen molar-refractivity contribution >= 4 is 23.1 Å². The van der Waals surface area contributed by atoms with E-state index in [1.807, 2.05) is 38.1 Å². The van der Waals surface area contributed by atoms with E-state index in [-0.39, 0.29) is 11.3 Å². The second-order valence-electron chi connectivity index (χ2n) is 7.69. The van der Waals surface area contributed by atoms with Gasteiger partial charge in [0.15, 0.2) is 0 Å². The SMILES string of the molecule is CCOc1ccc(/C(O)=C2/C(=O)C(=O)N(c3ccccc3C)C2c2cccc(OC)c2)cc1. The Morgan fingerprint density at radius 1 is 0.970 bits per heavy atom. The molecular formula is C27H25NO5. The zero-order valence-corrected chi connectivity index (χ0v) is 18.7. The normalized spacial score (nSPS) is 17.3. The lowest BCUT2D eigenvalue weighted by Gasteiger charge is -2.27. The van der Waals surface area contributed by atoms with Gasteiger partial charge in [-0.3, -0.25) is 14.5 Å². The predicted molar refractivity (Wildman–Crippen MR) is 127 cm³/mol. The van der Waals surface area contributed by atoms with Crippen molar-refractivity contribution in [2.24, 2.45) is 0 Å². The quantitative estimate of drug-likeness (QED) is 0.329. The summed E-state index contributed by atoms with van der Waals surface area (Å²) in [7, 11) is 1.55. The van der Waals surface area contributed by atoms with Gasteiger partial charge in [-0.2, -0.15) is 0 Å². The number of hydrogen-bond acceptors (Lipinski definition) is 5. The number of ketones is 1. The number of carbonyl (C=O) groups excluding carboxylic acids is 2. The first-order chi connectivity index (χ1) is 16.0. The number of methoxy groups -OCH3 is 1. The summed E-state index contributed by atoms with van der Waals surface area (Å²) >= 11 is 0. The van der Waals surface area contributed by atoms with E-state index in [9.17, 15) is 14.7 Å². The molecule has 0 aromatic heterocycles. The van der Waals surface area contributed by atoms with E-state index in [2.05, 4.69) is 0 Å². The topological polar surface area (TPSA) is 76.1 Å². The summed E-state index contributed by atoms with van der Waals surface area (Å²) in [6.45, 7) is 4.28. The minimum Gasteiger partial charge on any atom is -0.507 e.